The molecule has 1 aromatic heterocycles. The second kappa shape index (κ2) is 7.40. The van der Waals surface area contributed by atoms with Gasteiger partial charge in [0.1, 0.15) is 18.3 Å². The molecule has 2 heterocycles. The molecule has 0 saturated carbocycles. The second-order valence-corrected chi connectivity index (χ2v) is 6.81. The van der Waals surface area contributed by atoms with Gasteiger partial charge in [0.15, 0.2) is 5.82 Å². The lowest BCUT2D eigenvalue weighted by atomic mass is 10.1. The van der Waals surface area contributed by atoms with E-state index in [0.29, 0.717) is 16.4 Å². The summed E-state index contributed by atoms with van der Waals surface area (Å²) < 4.78 is 15.6. The summed E-state index contributed by atoms with van der Waals surface area (Å²) in [6.45, 7) is 0.256. The molecule has 1 saturated heterocycles. The molecule has 4 rings (SSSR count). The highest BCUT2D eigenvalue weighted by molar-refractivity contribution is 6.30. The first-order chi connectivity index (χ1) is 13.5. The fourth-order valence-corrected chi connectivity index (χ4v) is 3.23. The maximum Gasteiger partial charge on any atom is 0.229 e. The van der Waals surface area contributed by atoms with Crippen molar-refractivity contribution >= 4 is 34.8 Å². The normalized spacial score (nSPS) is 16.4. The Labute approximate surface area is 164 Å². The summed E-state index contributed by atoms with van der Waals surface area (Å²) in [6.07, 6.45) is 2.78. The van der Waals surface area contributed by atoms with Crippen LogP contribution in [0.15, 0.2) is 55.1 Å². The minimum atomic E-state index is -0.548. The van der Waals surface area contributed by atoms with E-state index in [9.17, 15) is 14.0 Å². The maximum atomic E-state index is 14.3. The maximum absolute atomic E-state index is 14.3. The van der Waals surface area contributed by atoms with Gasteiger partial charge in [-0.1, -0.05) is 11.6 Å². The molecular weight excluding hydrogens is 385 g/mol. The van der Waals surface area contributed by atoms with Crippen LogP contribution in [-0.4, -0.2) is 33.1 Å². The summed E-state index contributed by atoms with van der Waals surface area (Å²) in [5.74, 6) is -1.55. The minimum absolute atomic E-state index is 0.0913. The predicted molar refractivity (Wildman–Crippen MR) is 102 cm³/mol. The second-order valence-electron chi connectivity index (χ2n) is 6.38. The van der Waals surface area contributed by atoms with Gasteiger partial charge >= 0.3 is 0 Å². The average molecular weight is 400 g/mol. The summed E-state index contributed by atoms with van der Waals surface area (Å²) in [5.41, 5.74) is 1.22. The molecule has 142 valence electrons. The van der Waals surface area contributed by atoms with Crippen molar-refractivity contribution < 1.29 is 14.0 Å². The van der Waals surface area contributed by atoms with Crippen molar-refractivity contribution in [3.05, 3.63) is 66.0 Å². The van der Waals surface area contributed by atoms with Crippen molar-refractivity contribution in [3.63, 3.8) is 0 Å². The molecule has 7 nitrogen and oxygen atoms in total. The van der Waals surface area contributed by atoms with Gasteiger partial charge in [-0.3, -0.25) is 9.59 Å². The van der Waals surface area contributed by atoms with E-state index in [1.54, 1.807) is 35.2 Å². The molecule has 0 bridgehead atoms. The standard InChI is InChI=1S/C19H15ClFN5O2/c20-13-1-4-15(5-2-13)25-9-12(7-18(25)27)19(28)24-14-3-6-17(16(21)8-14)26-11-22-10-23-26/h1-6,8,10-12H,7,9H2,(H,24,28). The number of benzene rings is 2. The molecule has 9 heteroatoms. The zero-order valence-corrected chi connectivity index (χ0v) is 15.3. The molecule has 1 aliphatic heterocycles. The van der Waals surface area contributed by atoms with E-state index in [2.05, 4.69) is 15.4 Å². The van der Waals surface area contributed by atoms with Crippen molar-refractivity contribution in [2.24, 2.45) is 5.92 Å². The molecule has 3 aromatic rings. The van der Waals surface area contributed by atoms with Gasteiger partial charge in [-0.2, -0.15) is 5.10 Å². The topological polar surface area (TPSA) is 80.1 Å². The van der Waals surface area contributed by atoms with Crippen LogP contribution in [0.3, 0.4) is 0 Å². The molecule has 1 N–H and O–H groups in total. The van der Waals surface area contributed by atoms with Gasteiger partial charge in [0.05, 0.1) is 5.92 Å². The lowest BCUT2D eigenvalue weighted by molar-refractivity contribution is -0.122. The number of carbonyl (C=O) groups is 2. The fraction of sp³-hybridized carbons (Fsp3) is 0.158. The van der Waals surface area contributed by atoms with Gasteiger partial charge in [-0.05, 0) is 42.5 Å². The Hall–Kier alpha value is -3.26. The van der Waals surface area contributed by atoms with Crippen LogP contribution in [0.1, 0.15) is 6.42 Å². The number of aromatic nitrogens is 3. The molecular formula is C19H15ClFN5O2. The molecule has 1 unspecified atom stereocenters. The number of halogens is 2. The zero-order valence-electron chi connectivity index (χ0n) is 14.5. The van der Waals surface area contributed by atoms with Gasteiger partial charge in [-0.25, -0.2) is 14.1 Å². The molecule has 28 heavy (non-hydrogen) atoms. The quantitative estimate of drug-likeness (QED) is 0.731. The van der Waals surface area contributed by atoms with Crippen LogP contribution in [0.4, 0.5) is 15.8 Å². The smallest absolute Gasteiger partial charge is 0.229 e. The number of nitrogens with zero attached hydrogens (tertiary/aromatic N) is 4. The average Bonchev–Trinajstić information content (AvgIpc) is 3.33. The molecule has 1 atom stereocenters. The van der Waals surface area contributed by atoms with Crippen molar-refractivity contribution in [3.8, 4) is 5.69 Å². The number of rotatable bonds is 4. The van der Waals surface area contributed by atoms with Crippen LogP contribution in [-0.2, 0) is 9.59 Å². The fourth-order valence-electron chi connectivity index (χ4n) is 3.10. The monoisotopic (exact) mass is 399 g/mol. The molecule has 0 spiro atoms. The summed E-state index contributed by atoms with van der Waals surface area (Å²) >= 11 is 5.87. The molecule has 2 aromatic carbocycles. The minimum Gasteiger partial charge on any atom is -0.326 e. The van der Waals surface area contributed by atoms with Crippen LogP contribution in [0.5, 0.6) is 0 Å². The van der Waals surface area contributed by atoms with E-state index < -0.39 is 11.7 Å². The SMILES string of the molecule is O=C(Nc1ccc(-n2cncn2)c(F)c1)C1CC(=O)N(c2ccc(Cl)cc2)C1. The number of anilines is 2. The molecule has 0 aliphatic carbocycles. The van der Waals surface area contributed by atoms with Crippen LogP contribution < -0.4 is 10.2 Å². The number of nitrogens with one attached hydrogen (secondary N) is 1. The van der Waals surface area contributed by atoms with Gasteiger partial charge in [-0.15, -0.1) is 0 Å². The zero-order chi connectivity index (χ0) is 19.7. The number of carbonyl (C=O) groups excluding carboxylic acids is 2. The molecule has 2 amide bonds. The van der Waals surface area contributed by atoms with Crippen molar-refractivity contribution in [1.29, 1.82) is 0 Å². The third-order valence-corrected chi connectivity index (χ3v) is 4.77. The lowest BCUT2D eigenvalue weighted by Crippen LogP contribution is -2.28. The van der Waals surface area contributed by atoms with Crippen molar-refractivity contribution in [2.75, 3.05) is 16.8 Å². The molecule has 1 aliphatic rings. The Morgan fingerprint density at radius 1 is 1.21 bits per heavy atom. The van der Waals surface area contributed by atoms with Gasteiger partial charge in [0.2, 0.25) is 11.8 Å². The van der Waals surface area contributed by atoms with Crippen LogP contribution in [0, 0.1) is 11.7 Å². The third kappa shape index (κ3) is 3.59. The van der Waals surface area contributed by atoms with Gasteiger partial charge in [0, 0.05) is 29.4 Å². The lowest BCUT2D eigenvalue weighted by Gasteiger charge is -2.17. The molecule has 0 radical (unpaired) electrons. The van der Waals surface area contributed by atoms with E-state index in [-0.39, 0.29) is 30.5 Å². The Morgan fingerprint density at radius 2 is 2.00 bits per heavy atom. The van der Waals surface area contributed by atoms with E-state index in [1.165, 1.54) is 29.5 Å². The number of hydrogen-bond acceptors (Lipinski definition) is 4. The van der Waals surface area contributed by atoms with Crippen LogP contribution in [0.2, 0.25) is 5.02 Å². The van der Waals surface area contributed by atoms with E-state index in [0.717, 1.165) is 0 Å². The first-order valence-corrected chi connectivity index (χ1v) is 8.90. The third-order valence-electron chi connectivity index (χ3n) is 4.51. The highest BCUT2D eigenvalue weighted by Crippen LogP contribution is 2.27. The Balaban J connectivity index is 1.45. The summed E-state index contributed by atoms with van der Waals surface area (Å²) in [7, 11) is 0. The first kappa shape index (κ1) is 18.1. The number of hydrogen-bond donors (Lipinski definition) is 1. The van der Waals surface area contributed by atoms with Crippen LogP contribution >= 0.6 is 11.6 Å². The summed E-state index contributed by atoms with van der Waals surface area (Å²) in [6, 6.07) is 11.1. The highest BCUT2D eigenvalue weighted by atomic mass is 35.5. The van der Waals surface area contributed by atoms with Crippen molar-refractivity contribution in [1.82, 2.24) is 14.8 Å². The Morgan fingerprint density at radius 3 is 2.68 bits per heavy atom. The highest BCUT2D eigenvalue weighted by Gasteiger charge is 2.35. The van der Waals surface area contributed by atoms with Crippen LogP contribution in [0.25, 0.3) is 5.69 Å². The Bertz CT molecular complexity index is 1020. The number of amides is 2. The first-order valence-electron chi connectivity index (χ1n) is 8.52. The van der Waals surface area contributed by atoms with Gasteiger partial charge < -0.3 is 10.2 Å². The summed E-state index contributed by atoms with van der Waals surface area (Å²) in [4.78, 5) is 30.2. The largest absolute Gasteiger partial charge is 0.326 e. The Kier molecular flexibility index (Phi) is 4.79. The van der Waals surface area contributed by atoms with Gasteiger partial charge in [0.25, 0.3) is 0 Å². The van der Waals surface area contributed by atoms with E-state index in [4.69, 9.17) is 11.6 Å². The summed E-state index contributed by atoms with van der Waals surface area (Å²) in [5, 5.41) is 7.12. The van der Waals surface area contributed by atoms with E-state index >= 15 is 0 Å². The van der Waals surface area contributed by atoms with Crippen molar-refractivity contribution in [2.45, 2.75) is 6.42 Å². The molecule has 1 fully saturated rings. The van der Waals surface area contributed by atoms with E-state index in [1.807, 2.05) is 0 Å². The predicted octanol–water partition coefficient (Wildman–Crippen LogP) is 3.05.